The van der Waals surface area contributed by atoms with Crippen LogP contribution < -0.4 is 0 Å². The normalized spacial score (nSPS) is 13.7. The average Bonchev–Trinajstić information content (AvgIpc) is 2.30. The van der Waals surface area contributed by atoms with Crippen molar-refractivity contribution in [3.8, 4) is 0 Å². The summed E-state index contributed by atoms with van der Waals surface area (Å²) >= 11 is 0. The Morgan fingerprint density at radius 1 is 0.778 bits per heavy atom. The molecule has 1 atom stereocenters. The van der Waals surface area contributed by atoms with Gasteiger partial charge in [-0.25, -0.2) is 0 Å². The fourth-order valence-electron chi connectivity index (χ4n) is 2.22. The molecule has 18 heavy (non-hydrogen) atoms. The van der Waals surface area contributed by atoms with Crippen LogP contribution in [0.5, 0.6) is 0 Å². The lowest BCUT2D eigenvalue weighted by molar-refractivity contribution is 0.444. The van der Waals surface area contributed by atoms with E-state index in [2.05, 4.69) is 13.8 Å². The van der Waals surface area contributed by atoms with Crippen molar-refractivity contribution in [2.24, 2.45) is 0 Å². The van der Waals surface area contributed by atoms with Gasteiger partial charge in [-0.2, -0.15) is 8.42 Å². The third kappa shape index (κ3) is 9.89. The van der Waals surface area contributed by atoms with Crippen molar-refractivity contribution in [3.63, 3.8) is 0 Å². The number of rotatable bonds is 12. The predicted octanol–water partition coefficient (Wildman–Crippen LogP) is 4.57. The first-order valence-corrected chi connectivity index (χ1v) is 8.99. The maximum absolute atomic E-state index is 11.2. The topological polar surface area (TPSA) is 54.4 Å². The summed E-state index contributed by atoms with van der Waals surface area (Å²) in [6, 6.07) is 0. The van der Waals surface area contributed by atoms with Crippen LogP contribution in [0.1, 0.15) is 84.5 Å². The molecule has 1 N–H and O–H groups in total. The molecule has 0 aliphatic carbocycles. The van der Waals surface area contributed by atoms with Crippen LogP contribution in [0.15, 0.2) is 0 Å². The van der Waals surface area contributed by atoms with Gasteiger partial charge in [-0.15, -0.1) is 0 Å². The maximum atomic E-state index is 11.2. The van der Waals surface area contributed by atoms with E-state index in [1.54, 1.807) is 0 Å². The van der Waals surface area contributed by atoms with E-state index >= 15 is 0 Å². The first-order chi connectivity index (χ1) is 8.52. The van der Waals surface area contributed by atoms with Gasteiger partial charge in [0.2, 0.25) is 0 Å². The molecular formula is C14H30O3S. The molecule has 4 heteroatoms. The molecule has 0 saturated carbocycles. The maximum Gasteiger partial charge on any atom is 0.267 e. The molecule has 0 aromatic carbocycles. The van der Waals surface area contributed by atoms with Gasteiger partial charge in [0.15, 0.2) is 0 Å². The molecule has 0 fully saturated rings. The lowest BCUT2D eigenvalue weighted by atomic mass is 10.0. The fourth-order valence-corrected chi connectivity index (χ4v) is 3.15. The van der Waals surface area contributed by atoms with Crippen LogP contribution in [-0.4, -0.2) is 18.2 Å². The quantitative estimate of drug-likeness (QED) is 0.420. The van der Waals surface area contributed by atoms with E-state index in [-0.39, 0.29) is 0 Å². The molecule has 0 aromatic heterocycles. The second kappa shape index (κ2) is 10.8. The summed E-state index contributed by atoms with van der Waals surface area (Å²) in [5.41, 5.74) is 0. The van der Waals surface area contributed by atoms with E-state index in [0.29, 0.717) is 12.8 Å². The minimum atomic E-state index is -3.84. The van der Waals surface area contributed by atoms with Gasteiger partial charge in [-0.05, 0) is 12.8 Å². The molecule has 0 amide bonds. The Bertz CT molecular complexity index is 273. The van der Waals surface area contributed by atoms with Gasteiger partial charge in [-0.3, -0.25) is 4.55 Å². The Morgan fingerprint density at radius 2 is 1.17 bits per heavy atom. The highest BCUT2D eigenvalue weighted by molar-refractivity contribution is 7.86. The lowest BCUT2D eigenvalue weighted by Crippen LogP contribution is -2.20. The van der Waals surface area contributed by atoms with Crippen molar-refractivity contribution in [1.29, 1.82) is 0 Å². The molecule has 0 radical (unpaired) electrons. The van der Waals surface area contributed by atoms with Gasteiger partial charge >= 0.3 is 0 Å². The monoisotopic (exact) mass is 278 g/mol. The Kier molecular flexibility index (Phi) is 10.7. The van der Waals surface area contributed by atoms with E-state index in [4.69, 9.17) is 0 Å². The summed E-state index contributed by atoms with van der Waals surface area (Å²) < 4.78 is 31.7. The van der Waals surface area contributed by atoms with Crippen LogP contribution in [-0.2, 0) is 10.1 Å². The second-order valence-corrected chi connectivity index (χ2v) is 6.89. The highest BCUT2D eigenvalue weighted by atomic mass is 32.2. The average molecular weight is 278 g/mol. The van der Waals surface area contributed by atoms with Crippen molar-refractivity contribution in [2.75, 3.05) is 0 Å². The van der Waals surface area contributed by atoms with Gasteiger partial charge in [0, 0.05) is 0 Å². The first kappa shape index (κ1) is 17.9. The Labute approximate surface area is 113 Å². The van der Waals surface area contributed by atoms with E-state index < -0.39 is 15.4 Å². The highest BCUT2D eigenvalue weighted by Gasteiger charge is 2.21. The van der Waals surface area contributed by atoms with Gasteiger partial charge in [0.1, 0.15) is 0 Å². The molecule has 0 aliphatic heterocycles. The zero-order valence-electron chi connectivity index (χ0n) is 12.0. The first-order valence-electron chi connectivity index (χ1n) is 7.48. The summed E-state index contributed by atoms with van der Waals surface area (Å²) in [5, 5.41) is -0.532. The summed E-state index contributed by atoms with van der Waals surface area (Å²) in [6.45, 7) is 4.28. The zero-order valence-corrected chi connectivity index (χ0v) is 12.8. The number of hydrogen-bond donors (Lipinski definition) is 1. The van der Waals surface area contributed by atoms with Gasteiger partial charge in [0.25, 0.3) is 10.1 Å². The van der Waals surface area contributed by atoms with Crippen LogP contribution >= 0.6 is 0 Å². The molecule has 0 spiro atoms. The van der Waals surface area contributed by atoms with E-state index in [9.17, 15) is 13.0 Å². The fraction of sp³-hybridized carbons (Fsp3) is 1.00. The molecule has 1 unspecified atom stereocenters. The summed E-state index contributed by atoms with van der Waals surface area (Å²) in [6.07, 6.45) is 11.2. The third-order valence-corrected chi connectivity index (χ3v) is 4.74. The molecular weight excluding hydrogens is 248 g/mol. The van der Waals surface area contributed by atoms with Gasteiger partial charge in [0.05, 0.1) is 5.25 Å². The van der Waals surface area contributed by atoms with Crippen LogP contribution in [0.2, 0.25) is 0 Å². The molecule has 0 rings (SSSR count). The van der Waals surface area contributed by atoms with Crippen LogP contribution in [0.3, 0.4) is 0 Å². The minimum absolute atomic E-state index is 0.532. The summed E-state index contributed by atoms with van der Waals surface area (Å²) in [5.74, 6) is 0. The van der Waals surface area contributed by atoms with Crippen molar-refractivity contribution in [3.05, 3.63) is 0 Å². The Hall–Kier alpha value is -0.0900. The number of unbranched alkanes of at least 4 members (excludes halogenated alkanes) is 7. The van der Waals surface area contributed by atoms with Crippen molar-refractivity contribution in [1.82, 2.24) is 0 Å². The lowest BCUT2D eigenvalue weighted by Gasteiger charge is -2.13. The van der Waals surface area contributed by atoms with Crippen molar-refractivity contribution < 1.29 is 13.0 Å². The molecule has 3 nitrogen and oxygen atoms in total. The zero-order chi connectivity index (χ0) is 13.9. The standard InChI is InChI=1S/C14H30O3S/c1-3-5-7-8-9-11-13-14(18(15,16)17)12-10-6-4-2/h14H,3-13H2,1-2H3,(H,15,16,17). The van der Waals surface area contributed by atoms with Crippen molar-refractivity contribution in [2.45, 2.75) is 89.7 Å². The van der Waals surface area contributed by atoms with Crippen LogP contribution in [0.25, 0.3) is 0 Å². The molecule has 0 bridgehead atoms. The minimum Gasteiger partial charge on any atom is -0.285 e. The molecule has 110 valence electrons. The second-order valence-electron chi connectivity index (χ2n) is 5.19. The largest absolute Gasteiger partial charge is 0.285 e. The van der Waals surface area contributed by atoms with Crippen LogP contribution in [0.4, 0.5) is 0 Å². The number of hydrogen-bond acceptors (Lipinski definition) is 2. The Balaban J connectivity index is 3.81. The molecule has 0 saturated heterocycles. The highest BCUT2D eigenvalue weighted by Crippen LogP contribution is 2.18. The molecule has 0 aromatic rings. The smallest absolute Gasteiger partial charge is 0.267 e. The summed E-state index contributed by atoms with van der Waals surface area (Å²) in [4.78, 5) is 0. The molecule has 0 heterocycles. The summed E-state index contributed by atoms with van der Waals surface area (Å²) in [7, 11) is -3.84. The predicted molar refractivity (Wildman–Crippen MR) is 77.5 cm³/mol. The van der Waals surface area contributed by atoms with Crippen molar-refractivity contribution >= 4 is 10.1 Å². The van der Waals surface area contributed by atoms with Gasteiger partial charge in [-0.1, -0.05) is 71.6 Å². The SMILES string of the molecule is CCCCCCCCC(CCCCC)S(=O)(=O)O. The van der Waals surface area contributed by atoms with Crippen LogP contribution in [0, 0.1) is 0 Å². The van der Waals surface area contributed by atoms with E-state index in [1.165, 1.54) is 25.7 Å². The molecule has 0 aliphatic rings. The van der Waals surface area contributed by atoms with E-state index in [0.717, 1.165) is 32.1 Å². The van der Waals surface area contributed by atoms with Gasteiger partial charge < -0.3 is 0 Å². The Morgan fingerprint density at radius 3 is 1.67 bits per heavy atom. The van der Waals surface area contributed by atoms with E-state index in [1.807, 2.05) is 0 Å². The third-order valence-electron chi connectivity index (χ3n) is 3.43.